The largest absolute Gasteiger partial charge is 0.406 e. The first-order valence-corrected chi connectivity index (χ1v) is 4.43. The summed E-state index contributed by atoms with van der Waals surface area (Å²) in [5.74, 6) is 0.365. The van der Waals surface area contributed by atoms with Crippen molar-refractivity contribution in [2.24, 2.45) is 0 Å². The fourth-order valence-electron chi connectivity index (χ4n) is 0.770. The van der Waals surface area contributed by atoms with E-state index in [0.717, 1.165) is 5.01 Å². The molecule has 0 aliphatic heterocycles. The van der Waals surface area contributed by atoms with Gasteiger partial charge < -0.3 is 4.42 Å². The molecule has 2 heterocycles. The zero-order chi connectivity index (χ0) is 8.55. The van der Waals surface area contributed by atoms with Crippen LogP contribution in [0, 0.1) is 6.92 Å². The molecule has 0 bridgehead atoms. The molecule has 0 N–H and O–H groups in total. The lowest BCUT2D eigenvalue weighted by molar-refractivity contribution is 0.569. The quantitative estimate of drug-likeness (QED) is 0.710. The molecule has 12 heavy (non-hydrogen) atoms. The van der Waals surface area contributed by atoms with E-state index in [4.69, 9.17) is 16.0 Å². The standard InChI is InChI=1S/C6H4ClN3OS/c1-3-8-4(2-12-3)5-9-10-6(7)11-5/h2H,1H3. The van der Waals surface area contributed by atoms with Crippen molar-refractivity contribution in [2.75, 3.05) is 0 Å². The normalized spacial score (nSPS) is 10.5. The van der Waals surface area contributed by atoms with Gasteiger partial charge in [0, 0.05) is 5.38 Å². The number of halogens is 1. The Morgan fingerprint density at radius 1 is 1.50 bits per heavy atom. The molecular formula is C6H4ClN3OS. The van der Waals surface area contributed by atoms with E-state index in [2.05, 4.69) is 15.2 Å². The summed E-state index contributed by atoms with van der Waals surface area (Å²) in [5, 5.41) is 10.1. The number of rotatable bonds is 1. The molecule has 2 rings (SSSR count). The first-order chi connectivity index (χ1) is 5.75. The van der Waals surface area contributed by atoms with E-state index in [1.54, 1.807) is 0 Å². The van der Waals surface area contributed by atoms with Gasteiger partial charge in [-0.25, -0.2) is 4.98 Å². The maximum absolute atomic E-state index is 5.45. The van der Waals surface area contributed by atoms with Gasteiger partial charge in [0.1, 0.15) is 5.69 Å². The Kier molecular flexibility index (Phi) is 1.82. The summed E-state index contributed by atoms with van der Waals surface area (Å²) in [7, 11) is 0. The molecule has 2 aromatic heterocycles. The van der Waals surface area contributed by atoms with Gasteiger partial charge in [0.25, 0.3) is 5.89 Å². The van der Waals surface area contributed by atoms with E-state index in [9.17, 15) is 0 Å². The Morgan fingerprint density at radius 2 is 2.33 bits per heavy atom. The van der Waals surface area contributed by atoms with Crippen LogP contribution in [0.5, 0.6) is 0 Å². The maximum atomic E-state index is 5.45. The van der Waals surface area contributed by atoms with E-state index < -0.39 is 0 Å². The van der Waals surface area contributed by atoms with Crippen LogP contribution in [0.25, 0.3) is 11.6 Å². The average Bonchev–Trinajstić information content (AvgIpc) is 2.58. The summed E-state index contributed by atoms with van der Waals surface area (Å²) >= 11 is 6.98. The van der Waals surface area contributed by atoms with Crippen LogP contribution in [-0.2, 0) is 0 Å². The van der Waals surface area contributed by atoms with Crippen LogP contribution < -0.4 is 0 Å². The highest BCUT2D eigenvalue weighted by Gasteiger charge is 2.09. The second-order valence-electron chi connectivity index (χ2n) is 2.11. The SMILES string of the molecule is Cc1nc(-c2nnc(Cl)o2)cs1. The van der Waals surface area contributed by atoms with Crippen molar-refractivity contribution in [3.05, 3.63) is 15.7 Å². The Balaban J connectivity index is 2.43. The molecular weight excluding hydrogens is 198 g/mol. The van der Waals surface area contributed by atoms with Crippen molar-refractivity contribution < 1.29 is 4.42 Å². The Morgan fingerprint density at radius 3 is 2.83 bits per heavy atom. The molecule has 0 saturated carbocycles. The molecule has 2 aromatic rings. The summed E-state index contributed by atoms with van der Waals surface area (Å²) in [4.78, 5) is 4.16. The van der Waals surface area contributed by atoms with Gasteiger partial charge >= 0.3 is 5.35 Å². The van der Waals surface area contributed by atoms with Crippen molar-refractivity contribution in [1.29, 1.82) is 0 Å². The number of hydrogen-bond donors (Lipinski definition) is 0. The molecule has 0 aliphatic carbocycles. The fourth-order valence-corrected chi connectivity index (χ4v) is 1.47. The first kappa shape index (κ1) is 7.70. The van der Waals surface area contributed by atoms with E-state index in [1.165, 1.54) is 11.3 Å². The summed E-state index contributed by atoms with van der Waals surface area (Å²) in [5.41, 5.74) is 0.678. The van der Waals surface area contributed by atoms with Crippen LogP contribution in [0.4, 0.5) is 0 Å². The van der Waals surface area contributed by atoms with Crippen LogP contribution in [0.2, 0.25) is 5.35 Å². The average molecular weight is 202 g/mol. The fraction of sp³-hybridized carbons (Fsp3) is 0.167. The van der Waals surface area contributed by atoms with Gasteiger partial charge in [-0.1, -0.05) is 5.10 Å². The van der Waals surface area contributed by atoms with Crippen LogP contribution >= 0.6 is 22.9 Å². The van der Waals surface area contributed by atoms with Crippen LogP contribution in [-0.4, -0.2) is 15.2 Å². The molecule has 62 valence electrons. The minimum atomic E-state index is 0.0376. The predicted molar refractivity (Wildman–Crippen MR) is 45.2 cm³/mol. The maximum Gasteiger partial charge on any atom is 0.313 e. The Bertz CT molecular complexity index is 359. The third-order valence-electron chi connectivity index (χ3n) is 1.24. The molecule has 0 atom stereocenters. The minimum Gasteiger partial charge on any atom is -0.406 e. The molecule has 0 saturated heterocycles. The third kappa shape index (κ3) is 1.33. The summed E-state index contributed by atoms with van der Waals surface area (Å²) < 4.78 is 4.97. The molecule has 0 spiro atoms. The smallest absolute Gasteiger partial charge is 0.313 e. The van der Waals surface area contributed by atoms with Crippen LogP contribution in [0.1, 0.15) is 5.01 Å². The second kappa shape index (κ2) is 2.84. The molecule has 0 fully saturated rings. The molecule has 6 heteroatoms. The van der Waals surface area contributed by atoms with Crippen molar-refractivity contribution in [1.82, 2.24) is 15.2 Å². The number of nitrogens with zero attached hydrogens (tertiary/aromatic N) is 3. The third-order valence-corrected chi connectivity index (χ3v) is 2.16. The van der Waals surface area contributed by atoms with Gasteiger partial charge in [0.15, 0.2) is 0 Å². The predicted octanol–water partition coefficient (Wildman–Crippen LogP) is 2.15. The Labute approximate surface area is 77.2 Å². The van der Waals surface area contributed by atoms with Crippen LogP contribution in [0.15, 0.2) is 9.80 Å². The van der Waals surface area contributed by atoms with E-state index in [0.29, 0.717) is 11.6 Å². The van der Waals surface area contributed by atoms with E-state index in [-0.39, 0.29) is 5.35 Å². The first-order valence-electron chi connectivity index (χ1n) is 3.17. The monoisotopic (exact) mass is 201 g/mol. The number of hydrogen-bond acceptors (Lipinski definition) is 5. The number of aromatic nitrogens is 3. The van der Waals surface area contributed by atoms with Crippen molar-refractivity contribution in [2.45, 2.75) is 6.92 Å². The lowest BCUT2D eigenvalue weighted by Crippen LogP contribution is -1.77. The molecule has 0 aromatic carbocycles. The molecule has 0 amide bonds. The zero-order valence-electron chi connectivity index (χ0n) is 6.11. The molecule has 0 radical (unpaired) electrons. The number of aryl methyl sites for hydroxylation is 1. The Hall–Kier alpha value is -0.940. The summed E-state index contributed by atoms with van der Waals surface area (Å²) in [6.45, 7) is 1.91. The van der Waals surface area contributed by atoms with Gasteiger partial charge in [0.2, 0.25) is 0 Å². The van der Waals surface area contributed by atoms with Crippen molar-refractivity contribution in [3.63, 3.8) is 0 Å². The van der Waals surface area contributed by atoms with Gasteiger partial charge in [-0.3, -0.25) is 0 Å². The van der Waals surface area contributed by atoms with Crippen molar-refractivity contribution in [3.8, 4) is 11.6 Å². The van der Waals surface area contributed by atoms with Gasteiger partial charge in [-0.2, -0.15) is 0 Å². The minimum absolute atomic E-state index is 0.0376. The number of thiazole rings is 1. The highest BCUT2D eigenvalue weighted by atomic mass is 35.5. The highest BCUT2D eigenvalue weighted by molar-refractivity contribution is 7.09. The van der Waals surface area contributed by atoms with Gasteiger partial charge in [-0.15, -0.1) is 16.4 Å². The molecule has 0 aliphatic rings. The lowest BCUT2D eigenvalue weighted by Gasteiger charge is -1.82. The topological polar surface area (TPSA) is 51.8 Å². The summed E-state index contributed by atoms with van der Waals surface area (Å²) in [6.07, 6.45) is 0. The highest BCUT2D eigenvalue weighted by Crippen LogP contribution is 2.21. The van der Waals surface area contributed by atoms with Crippen molar-refractivity contribution >= 4 is 22.9 Å². The summed E-state index contributed by atoms with van der Waals surface area (Å²) in [6, 6.07) is 0. The lowest BCUT2D eigenvalue weighted by atomic mass is 10.5. The van der Waals surface area contributed by atoms with Gasteiger partial charge in [0.05, 0.1) is 5.01 Å². The second-order valence-corrected chi connectivity index (χ2v) is 3.50. The van der Waals surface area contributed by atoms with Crippen LogP contribution in [0.3, 0.4) is 0 Å². The molecule has 0 unspecified atom stereocenters. The zero-order valence-corrected chi connectivity index (χ0v) is 7.69. The van der Waals surface area contributed by atoms with E-state index >= 15 is 0 Å². The van der Waals surface area contributed by atoms with E-state index in [1.807, 2.05) is 12.3 Å². The molecule has 4 nitrogen and oxygen atoms in total. The van der Waals surface area contributed by atoms with Gasteiger partial charge in [-0.05, 0) is 18.5 Å².